The fourth-order valence-electron chi connectivity index (χ4n) is 11.0. The summed E-state index contributed by atoms with van der Waals surface area (Å²) in [6.45, 7) is 8.76. The summed E-state index contributed by atoms with van der Waals surface area (Å²) < 4.78 is 23.7. The van der Waals surface area contributed by atoms with Crippen LogP contribution < -0.4 is 40.9 Å². The molecule has 0 unspecified atom stereocenters. The van der Waals surface area contributed by atoms with Crippen LogP contribution in [0.1, 0.15) is 128 Å². The smallest absolute Gasteiger partial charge is 0.488 e. The van der Waals surface area contributed by atoms with E-state index in [2.05, 4.69) is 84.3 Å². The number of halogens is 4. The highest BCUT2D eigenvalue weighted by Crippen LogP contribution is 2.39. The number of amides is 4. The second kappa shape index (κ2) is 39.4. The molecule has 0 fully saturated rings. The van der Waals surface area contributed by atoms with Crippen LogP contribution in [0.15, 0.2) is 211 Å². The SMILES string of the molecule is CC(C)(C)OC(=O)c1ccc(CBr)cc1.Cc1ccc(COc2ccc3c(c2)NC(=O)CC3)cc1.O=C1CCc2cc(-c3ccc(Cl)cc3)c(OCc3ccc(C(=O)O)cc3)cc2N1.O=C1CCc2cc(Br)c(OCc3ccc(C(=O)O)cc3)cc2N1.O=C1CCc2ccc(O)cc2N1.OB(O)c1ccc(Cl)cc1. The van der Waals surface area contributed by atoms with E-state index < -0.39 is 24.7 Å². The Morgan fingerprint density at radius 2 is 0.862 bits per heavy atom. The average Bonchev–Trinajstić information content (AvgIpc) is 0.802. The van der Waals surface area contributed by atoms with E-state index in [0.29, 0.717) is 77.9 Å². The van der Waals surface area contributed by atoms with Crippen LogP contribution in [0.25, 0.3) is 11.1 Å². The molecule has 4 aliphatic rings. The normalized spacial score (nSPS) is 12.8. The van der Waals surface area contributed by atoms with Crippen molar-refractivity contribution >= 4 is 132 Å². The number of aromatic hydroxyl groups is 1. The minimum atomic E-state index is -1.41. The predicted octanol–water partition coefficient (Wildman–Crippen LogP) is 17.1. The third-order valence-electron chi connectivity index (χ3n) is 16.9. The van der Waals surface area contributed by atoms with Crippen LogP contribution in [-0.2, 0) is 74.7 Å². The van der Waals surface area contributed by atoms with E-state index in [1.54, 1.807) is 97.1 Å². The van der Waals surface area contributed by atoms with Crippen LogP contribution in [-0.4, -0.2) is 79.6 Å². The molecule has 0 atom stereocenters. The highest BCUT2D eigenvalue weighted by atomic mass is 79.9. The Labute approximate surface area is 658 Å². The molecule has 562 valence electrons. The number of rotatable bonds is 15. The van der Waals surface area contributed by atoms with E-state index in [0.717, 1.165) is 108 Å². The number of fused-ring (bicyclic) bond motifs is 4. The van der Waals surface area contributed by atoms with E-state index in [1.807, 2.05) is 106 Å². The summed E-state index contributed by atoms with van der Waals surface area (Å²) >= 11 is 18.4. The zero-order chi connectivity index (χ0) is 78.3. The molecule has 0 saturated heterocycles. The molecule has 10 aromatic carbocycles. The molecule has 0 saturated carbocycles. The maximum atomic E-state index is 11.8. The standard InChI is InChI=1S/C23H18ClNO4.C17H14BrNO4.C17H17NO2.C12H15BrO2.C9H9NO2.C6H6BClO2/c24-18-8-5-15(6-9-18)19-11-17-7-10-22(26)25-20(17)12-21(19)29-13-14-1-3-16(4-2-14)23(27)28;18-13-7-12-5-6-16(20)19-14(12)8-15(13)23-9-10-1-3-11(4-2-10)17(21)22;1-12-2-4-13(5-3-12)11-20-15-8-6-14-7-9-17(19)18-16(14)10-15;1-12(2,3)15-11(14)10-6-4-9(8-13)5-7-10;11-7-3-1-6-2-4-9(12)10-8(6)5-7;8-6-3-1-5(2-4-6)7(9)10/h1-6,8-9,11-12H,7,10,13H2,(H,25,26)(H,27,28);1-4,7-8H,5-6,9H2,(H,19,20)(H,21,22);2-6,8,10H,7,9,11H2,1H3,(H,18,19);4-7H,8H2,1-3H3;1,3,5,11H,2,4H2,(H,10,12);1-4,9-10H. The first-order chi connectivity index (χ1) is 52.1. The lowest BCUT2D eigenvalue weighted by molar-refractivity contribution is -0.117. The van der Waals surface area contributed by atoms with Crippen molar-refractivity contribution in [3.8, 4) is 34.1 Å². The number of carbonyl (C=O) groups is 7. The van der Waals surface area contributed by atoms with Crippen molar-refractivity contribution in [1.82, 2.24) is 0 Å². The lowest BCUT2D eigenvalue weighted by Crippen LogP contribution is -2.29. The second-order valence-electron chi connectivity index (χ2n) is 26.4. The van der Waals surface area contributed by atoms with Gasteiger partial charge in [-0.05, 0) is 210 Å². The summed E-state index contributed by atoms with van der Waals surface area (Å²) in [5.74, 6) is 0.150. The number of carbonyl (C=O) groups excluding carboxylic acids is 5. The van der Waals surface area contributed by atoms with Gasteiger partial charge in [0.2, 0.25) is 23.6 Å². The number of hydrogen-bond donors (Lipinski definition) is 9. The van der Waals surface area contributed by atoms with Gasteiger partial charge in [-0.2, -0.15) is 0 Å². The molecule has 14 rings (SSSR count). The maximum absolute atomic E-state index is 11.8. The second-order valence-corrected chi connectivity index (χ2v) is 28.7. The number of ether oxygens (including phenoxy) is 4. The molecule has 109 heavy (non-hydrogen) atoms. The number of anilines is 4. The molecular formula is C84H79BBr2Cl2N4O16. The summed E-state index contributed by atoms with van der Waals surface area (Å²) in [5.41, 5.74) is 15.7. The molecule has 4 amide bonds. The number of carboxylic acid groups (broad SMARTS) is 2. The summed E-state index contributed by atoms with van der Waals surface area (Å²) in [6, 6.07) is 61.2. The van der Waals surface area contributed by atoms with Gasteiger partial charge in [0.15, 0.2) is 0 Å². The Balaban J connectivity index is 0.000000156. The molecule has 0 radical (unpaired) electrons. The summed E-state index contributed by atoms with van der Waals surface area (Å²) in [6.07, 6.45) is 5.03. The van der Waals surface area contributed by atoms with Gasteiger partial charge in [0.05, 0.1) is 21.2 Å². The Bertz CT molecular complexity index is 4870. The third kappa shape index (κ3) is 25.7. The number of aryl methyl sites for hydroxylation is 5. The first kappa shape index (κ1) is 82.3. The maximum Gasteiger partial charge on any atom is 0.488 e. The van der Waals surface area contributed by atoms with Crippen LogP contribution >= 0.6 is 55.1 Å². The number of hydrogen-bond acceptors (Lipinski definition) is 14. The van der Waals surface area contributed by atoms with Crippen LogP contribution in [0.4, 0.5) is 22.7 Å². The zero-order valence-electron chi connectivity index (χ0n) is 59.9. The lowest BCUT2D eigenvalue weighted by Gasteiger charge is -2.21. The Morgan fingerprint density at radius 3 is 1.34 bits per heavy atom. The molecule has 25 heteroatoms. The van der Waals surface area contributed by atoms with Gasteiger partial charge < -0.3 is 65.6 Å². The number of alkyl halides is 1. The quantitative estimate of drug-likeness (QED) is 0.0262. The molecule has 0 bridgehead atoms. The number of aromatic carboxylic acids is 2. The molecule has 0 aromatic heterocycles. The molecule has 10 aromatic rings. The summed E-state index contributed by atoms with van der Waals surface area (Å²) in [5, 5.41) is 57.6. The van der Waals surface area contributed by atoms with Crippen LogP contribution in [0.2, 0.25) is 10.0 Å². The van der Waals surface area contributed by atoms with Crippen molar-refractivity contribution in [1.29, 1.82) is 0 Å². The van der Waals surface area contributed by atoms with Gasteiger partial charge in [0, 0.05) is 93.6 Å². The van der Waals surface area contributed by atoms with Gasteiger partial charge in [-0.1, -0.05) is 142 Å². The zero-order valence-corrected chi connectivity index (χ0v) is 64.6. The monoisotopic (exact) mass is 1640 g/mol. The number of nitrogens with one attached hydrogen (secondary N) is 4. The fraction of sp³-hybridized carbons (Fsp3) is 0.202. The largest absolute Gasteiger partial charge is 0.508 e. The minimum Gasteiger partial charge on any atom is -0.508 e. The van der Waals surface area contributed by atoms with Crippen molar-refractivity contribution in [3.05, 3.63) is 288 Å². The summed E-state index contributed by atoms with van der Waals surface area (Å²) in [4.78, 5) is 79.1. The molecular weight excluding hydrogens is 1560 g/mol. The lowest BCUT2D eigenvalue weighted by atomic mass is 9.81. The van der Waals surface area contributed by atoms with Crippen molar-refractivity contribution in [2.24, 2.45) is 0 Å². The van der Waals surface area contributed by atoms with E-state index in [4.69, 9.17) is 67.5 Å². The minimum absolute atomic E-state index is 0.00745. The fourth-order valence-corrected chi connectivity index (χ4v) is 12.2. The van der Waals surface area contributed by atoms with Crippen molar-refractivity contribution in [3.63, 3.8) is 0 Å². The highest BCUT2D eigenvalue weighted by Gasteiger charge is 2.23. The highest BCUT2D eigenvalue weighted by molar-refractivity contribution is 9.10. The number of phenols is 1. The molecule has 0 aliphatic carbocycles. The van der Waals surface area contributed by atoms with Crippen LogP contribution in [0, 0.1) is 6.92 Å². The van der Waals surface area contributed by atoms with Gasteiger partial charge in [-0.15, -0.1) is 0 Å². The van der Waals surface area contributed by atoms with Crippen molar-refractivity contribution in [2.45, 2.75) is 110 Å². The summed E-state index contributed by atoms with van der Waals surface area (Å²) in [7, 11) is -1.41. The van der Waals surface area contributed by atoms with E-state index in [9.17, 15) is 33.6 Å². The Kier molecular flexibility index (Phi) is 29.7. The molecule has 20 nitrogen and oxygen atoms in total. The molecule has 4 aliphatic heterocycles. The van der Waals surface area contributed by atoms with E-state index >= 15 is 0 Å². The molecule has 9 N–H and O–H groups in total. The number of phenolic OH excluding ortho intramolecular Hbond substituents is 1. The van der Waals surface area contributed by atoms with Crippen molar-refractivity contribution < 1.29 is 77.9 Å². The Hall–Kier alpha value is -10.8. The van der Waals surface area contributed by atoms with Crippen molar-refractivity contribution in [2.75, 3.05) is 21.3 Å². The van der Waals surface area contributed by atoms with Gasteiger partial charge >= 0.3 is 25.0 Å². The number of carboxylic acids is 2. The first-order valence-electron chi connectivity index (χ1n) is 34.6. The number of benzene rings is 10. The third-order valence-corrected chi connectivity index (χ3v) is 18.7. The predicted molar refractivity (Wildman–Crippen MR) is 430 cm³/mol. The molecule has 0 spiro atoms. The van der Waals surface area contributed by atoms with Gasteiger partial charge in [0.1, 0.15) is 48.4 Å². The average molecular weight is 1640 g/mol. The van der Waals surface area contributed by atoms with Gasteiger partial charge in [0.25, 0.3) is 0 Å². The van der Waals surface area contributed by atoms with E-state index in [1.165, 1.54) is 11.1 Å². The van der Waals surface area contributed by atoms with Gasteiger partial charge in [-0.3, -0.25) is 19.2 Å². The molecule has 4 heterocycles. The van der Waals surface area contributed by atoms with Gasteiger partial charge in [-0.25, -0.2) is 14.4 Å². The number of esters is 1. The van der Waals surface area contributed by atoms with Crippen LogP contribution in [0.3, 0.4) is 0 Å². The Morgan fingerprint density at radius 1 is 0.459 bits per heavy atom. The van der Waals surface area contributed by atoms with Crippen LogP contribution in [0.5, 0.6) is 23.0 Å². The van der Waals surface area contributed by atoms with E-state index in [-0.39, 0.29) is 53.1 Å². The topological polar surface area (TPSA) is 306 Å². The first-order valence-corrected chi connectivity index (χ1v) is 37.3.